The quantitative estimate of drug-likeness (QED) is 0.142. The van der Waals surface area contributed by atoms with E-state index in [1.807, 2.05) is 0 Å². The van der Waals surface area contributed by atoms with E-state index in [2.05, 4.69) is 4.74 Å². The summed E-state index contributed by atoms with van der Waals surface area (Å²) in [6.07, 6.45) is -11.0. The molecule has 39 heavy (non-hydrogen) atoms. The number of hydrogen-bond donors (Lipinski definition) is 0. The number of nitro groups is 1. The Hall–Kier alpha value is -3.01. The van der Waals surface area contributed by atoms with Gasteiger partial charge in [-0.3, -0.25) is 14.9 Å². The zero-order valence-corrected chi connectivity index (χ0v) is 18.5. The number of nitro benzene ring substituents is 1. The Morgan fingerprint density at radius 2 is 1.36 bits per heavy atom. The first-order valence-corrected chi connectivity index (χ1v) is 10.6. The predicted octanol–water partition coefficient (Wildman–Crippen LogP) is 5.37. The Morgan fingerprint density at radius 3 is 1.77 bits per heavy atom. The van der Waals surface area contributed by atoms with E-state index in [1.54, 1.807) is 0 Å². The lowest BCUT2D eigenvalue weighted by atomic mass is 9.94. The Balaban J connectivity index is 3.24. The molecule has 0 aliphatic carbocycles. The molecule has 0 fully saturated rings. The summed E-state index contributed by atoms with van der Waals surface area (Å²) >= 11 is 0. The van der Waals surface area contributed by atoms with Gasteiger partial charge in [0.2, 0.25) is 0 Å². The molecule has 7 nitrogen and oxygen atoms in total. The summed E-state index contributed by atoms with van der Waals surface area (Å²) < 4.78 is 223. The van der Waals surface area contributed by atoms with Crippen molar-refractivity contribution < 1.29 is 88.7 Å². The van der Waals surface area contributed by atoms with Gasteiger partial charge in [-0.2, -0.15) is 57.1 Å². The van der Waals surface area contributed by atoms with E-state index in [0.717, 1.165) is 0 Å². The molecule has 0 unspecified atom stereocenters. The highest BCUT2D eigenvalue weighted by molar-refractivity contribution is 7.92. The molecule has 1 aromatic rings. The predicted molar refractivity (Wildman–Crippen MR) is 91.8 cm³/mol. The van der Waals surface area contributed by atoms with Crippen LogP contribution in [0.15, 0.2) is 23.1 Å². The maximum absolute atomic E-state index is 13.6. The first kappa shape index (κ1) is 34.0. The molecule has 0 atom stereocenters. The van der Waals surface area contributed by atoms with Crippen molar-refractivity contribution in [3.63, 3.8) is 0 Å². The summed E-state index contributed by atoms with van der Waals surface area (Å²) in [4.78, 5) is 19.1. The number of benzene rings is 1. The first-order chi connectivity index (χ1) is 17.1. The lowest BCUT2D eigenvalue weighted by Crippen LogP contribution is -2.69. The number of ether oxygens (including phenoxy) is 1. The van der Waals surface area contributed by atoms with Gasteiger partial charge in [0.25, 0.3) is 5.69 Å². The lowest BCUT2D eigenvalue weighted by molar-refractivity contribution is -0.414. The number of hydrogen-bond acceptors (Lipinski definition) is 6. The average molecular weight is 627 g/mol. The van der Waals surface area contributed by atoms with E-state index in [9.17, 15) is 89.2 Å². The number of sulfone groups is 1. The fourth-order valence-corrected chi connectivity index (χ4v) is 3.69. The van der Waals surface area contributed by atoms with Gasteiger partial charge in [0.05, 0.1) is 10.5 Å². The molecule has 0 amide bonds. The normalized spacial score (nSPS) is 14.5. The molecule has 0 aliphatic heterocycles. The van der Waals surface area contributed by atoms with E-state index >= 15 is 0 Å². The number of rotatable bonds is 11. The molecular formula is C16H8F15NO6S. The fraction of sp³-hybridized carbons (Fsp3) is 0.562. The van der Waals surface area contributed by atoms with Crippen molar-refractivity contribution in [2.45, 2.75) is 47.1 Å². The number of carbonyl (C=O) groups is 1. The highest BCUT2D eigenvalue weighted by Gasteiger charge is 2.87. The van der Waals surface area contributed by atoms with Crippen LogP contribution < -0.4 is 0 Å². The Morgan fingerprint density at radius 1 is 0.872 bits per heavy atom. The molecule has 1 aromatic carbocycles. The largest absolute Gasteiger partial charge is 0.458 e. The maximum atomic E-state index is 13.6. The van der Waals surface area contributed by atoms with Gasteiger partial charge in [0, 0.05) is 6.07 Å². The third kappa shape index (κ3) is 6.10. The van der Waals surface area contributed by atoms with Crippen LogP contribution in [0.2, 0.25) is 0 Å². The SMILES string of the molecule is O=C(CS(=O)(=O)c1ccc(C(F)(F)F)cc1[N+](=O)[O-])OCC(F)(F)C(F)(F)C(F)(F)C(F)(F)C(F)(F)C(F)F. The summed E-state index contributed by atoms with van der Waals surface area (Å²) in [7, 11) is -5.55. The number of nitrogens with zero attached hydrogens (tertiary/aromatic N) is 1. The van der Waals surface area contributed by atoms with Crippen molar-refractivity contribution >= 4 is 21.5 Å². The van der Waals surface area contributed by atoms with Crippen LogP contribution in [0, 0.1) is 10.1 Å². The topological polar surface area (TPSA) is 104 Å². The van der Waals surface area contributed by atoms with Crippen molar-refractivity contribution in [2.75, 3.05) is 12.4 Å². The van der Waals surface area contributed by atoms with Crippen LogP contribution in [0.1, 0.15) is 5.56 Å². The van der Waals surface area contributed by atoms with Crippen LogP contribution in [0.4, 0.5) is 71.5 Å². The molecular weight excluding hydrogens is 619 g/mol. The van der Waals surface area contributed by atoms with E-state index in [0.29, 0.717) is 0 Å². The van der Waals surface area contributed by atoms with Gasteiger partial charge in [0.15, 0.2) is 22.2 Å². The molecule has 0 bridgehead atoms. The molecule has 23 heteroatoms. The number of esters is 1. The minimum atomic E-state index is -7.96. The maximum Gasteiger partial charge on any atom is 0.416 e. The molecule has 0 radical (unpaired) electrons. The van der Waals surface area contributed by atoms with Crippen LogP contribution >= 0.6 is 0 Å². The molecule has 0 aromatic heterocycles. The highest BCUT2D eigenvalue weighted by Crippen LogP contribution is 2.58. The summed E-state index contributed by atoms with van der Waals surface area (Å²) in [6, 6.07) is -0.486. The van der Waals surface area contributed by atoms with Gasteiger partial charge in [0.1, 0.15) is 4.90 Å². The third-order valence-electron chi connectivity index (χ3n) is 4.48. The Bertz CT molecular complexity index is 1210. The van der Waals surface area contributed by atoms with Crippen LogP contribution in [0.5, 0.6) is 0 Å². The highest BCUT2D eigenvalue weighted by atomic mass is 32.2. The van der Waals surface area contributed by atoms with E-state index in [1.165, 1.54) is 0 Å². The Kier molecular flexibility index (Phi) is 8.89. The van der Waals surface area contributed by atoms with Crippen molar-refractivity contribution in [3.8, 4) is 0 Å². The number of alkyl halides is 15. The van der Waals surface area contributed by atoms with Crippen LogP contribution in [-0.2, 0) is 25.5 Å². The van der Waals surface area contributed by atoms with Crippen LogP contribution in [0.3, 0.4) is 0 Å². The van der Waals surface area contributed by atoms with Gasteiger partial charge in [-0.15, -0.1) is 0 Å². The lowest BCUT2D eigenvalue weighted by Gasteiger charge is -2.38. The third-order valence-corrected chi connectivity index (χ3v) is 6.11. The van der Waals surface area contributed by atoms with E-state index in [4.69, 9.17) is 0 Å². The summed E-state index contributed by atoms with van der Waals surface area (Å²) in [5.74, 6) is -42.6. The van der Waals surface area contributed by atoms with Crippen LogP contribution in [-0.4, -0.2) is 67.7 Å². The zero-order chi connectivity index (χ0) is 31.2. The van der Waals surface area contributed by atoms with E-state index < -0.39 is 91.5 Å². The summed E-state index contributed by atoms with van der Waals surface area (Å²) in [6.45, 7) is -3.46. The van der Waals surface area contributed by atoms with Gasteiger partial charge in [-0.1, -0.05) is 0 Å². The molecule has 0 aliphatic rings. The zero-order valence-electron chi connectivity index (χ0n) is 17.7. The minimum Gasteiger partial charge on any atom is -0.458 e. The van der Waals surface area contributed by atoms with Gasteiger partial charge in [-0.25, -0.2) is 17.2 Å². The number of halogens is 15. The second kappa shape index (κ2) is 10.2. The Labute approximate surface area is 204 Å². The van der Waals surface area contributed by atoms with Gasteiger partial charge >= 0.3 is 48.2 Å². The number of carbonyl (C=O) groups excluding carboxylic acids is 1. The average Bonchev–Trinajstić information content (AvgIpc) is 2.75. The van der Waals surface area contributed by atoms with Crippen LogP contribution in [0.25, 0.3) is 0 Å². The van der Waals surface area contributed by atoms with Crippen molar-refractivity contribution in [1.29, 1.82) is 0 Å². The smallest absolute Gasteiger partial charge is 0.416 e. The van der Waals surface area contributed by atoms with E-state index in [-0.39, 0.29) is 18.2 Å². The van der Waals surface area contributed by atoms with Crippen molar-refractivity contribution in [3.05, 3.63) is 33.9 Å². The summed E-state index contributed by atoms with van der Waals surface area (Å²) in [5.41, 5.74) is -3.62. The second-order valence-electron chi connectivity index (χ2n) is 7.21. The monoisotopic (exact) mass is 627 g/mol. The molecule has 0 saturated heterocycles. The minimum absolute atomic E-state index is 0.0582. The second-order valence-corrected chi connectivity index (χ2v) is 9.17. The van der Waals surface area contributed by atoms with Gasteiger partial charge in [-0.05, 0) is 12.1 Å². The first-order valence-electron chi connectivity index (χ1n) is 8.99. The summed E-state index contributed by atoms with van der Waals surface area (Å²) in [5, 5.41) is 10.9. The molecule has 1 rings (SSSR count). The molecule has 224 valence electrons. The molecule has 0 heterocycles. The standard InChI is InChI=1S/C16H8F15NO6S/c17-10(18)12(21,22)15(28,29)16(30,31)14(26,27)11(19,20)5-38-9(33)4-39(36,37)8-2-1-6(13(23,24)25)3-7(8)32(34)35/h1-3,10H,4-5H2. The van der Waals surface area contributed by atoms with Gasteiger partial charge < -0.3 is 4.74 Å². The fourth-order valence-electron chi connectivity index (χ4n) is 2.41. The van der Waals surface area contributed by atoms with Crippen molar-refractivity contribution in [2.24, 2.45) is 0 Å². The molecule has 0 N–H and O–H groups in total. The molecule has 0 saturated carbocycles. The van der Waals surface area contributed by atoms with Crippen molar-refractivity contribution in [1.82, 2.24) is 0 Å². The molecule has 0 spiro atoms.